The number of allylic oxidation sites excluding steroid dienone is 1. The fraction of sp³-hybridized carbons (Fsp3) is 0.500. The fourth-order valence-corrected chi connectivity index (χ4v) is 3.21. The van der Waals surface area contributed by atoms with Crippen LogP contribution in [-0.2, 0) is 15.1 Å². The van der Waals surface area contributed by atoms with Gasteiger partial charge >= 0.3 is 5.97 Å². The number of benzene rings is 1. The molecule has 0 aliphatic carbocycles. The highest BCUT2D eigenvalue weighted by molar-refractivity contribution is 5.85. The topological polar surface area (TPSA) is 29.5 Å². The van der Waals surface area contributed by atoms with Crippen LogP contribution in [0.1, 0.15) is 31.7 Å². The zero-order valence-corrected chi connectivity index (χ0v) is 14.3. The van der Waals surface area contributed by atoms with Crippen LogP contribution in [0.5, 0.6) is 0 Å². The average Bonchev–Trinajstić information content (AvgIpc) is 2.51. The Morgan fingerprint density at radius 1 is 1.45 bits per heavy atom. The second-order valence-corrected chi connectivity index (χ2v) is 5.82. The predicted octanol–water partition coefficient (Wildman–Crippen LogP) is 3.78. The molecule has 4 heteroatoms. The standard InChI is InChI=1S/C18H25NO2.ClH/c1-4-9-16-14-19(3)13-12-18(16,21-17(20)5-2)15-10-7-6-8-11-15;/h4,6-8,10-11,16H,1,5,9,12-14H2,2-3H3;1H/t16-,18+;/m0./s1. The highest BCUT2D eigenvalue weighted by Crippen LogP contribution is 2.42. The Balaban J connectivity index is 0.00000242. The van der Waals surface area contributed by atoms with Gasteiger partial charge in [0.1, 0.15) is 5.60 Å². The number of halogens is 1. The molecule has 0 aromatic heterocycles. The van der Waals surface area contributed by atoms with Crippen LogP contribution in [-0.4, -0.2) is 31.0 Å². The number of carbonyl (C=O) groups excluding carboxylic acids is 1. The quantitative estimate of drug-likeness (QED) is 0.610. The molecule has 1 aliphatic heterocycles. The van der Waals surface area contributed by atoms with Crippen molar-refractivity contribution in [3.63, 3.8) is 0 Å². The molecule has 1 aromatic rings. The third-order valence-electron chi connectivity index (χ3n) is 4.35. The lowest BCUT2D eigenvalue weighted by molar-refractivity contribution is -0.175. The summed E-state index contributed by atoms with van der Waals surface area (Å²) in [6, 6.07) is 10.2. The third kappa shape index (κ3) is 3.90. The summed E-state index contributed by atoms with van der Waals surface area (Å²) >= 11 is 0. The summed E-state index contributed by atoms with van der Waals surface area (Å²) in [5.74, 6) is 0.115. The van der Waals surface area contributed by atoms with E-state index in [1.807, 2.05) is 31.2 Å². The number of rotatable bonds is 5. The van der Waals surface area contributed by atoms with Gasteiger partial charge in [-0.25, -0.2) is 0 Å². The van der Waals surface area contributed by atoms with Crippen LogP contribution in [0.2, 0.25) is 0 Å². The minimum absolute atomic E-state index is 0. The first-order valence-electron chi connectivity index (χ1n) is 7.69. The van der Waals surface area contributed by atoms with E-state index in [1.54, 1.807) is 0 Å². The van der Waals surface area contributed by atoms with Crippen molar-refractivity contribution < 1.29 is 9.53 Å². The third-order valence-corrected chi connectivity index (χ3v) is 4.35. The maximum Gasteiger partial charge on any atom is 0.306 e. The van der Waals surface area contributed by atoms with Crippen LogP contribution in [0.25, 0.3) is 0 Å². The van der Waals surface area contributed by atoms with Gasteiger partial charge < -0.3 is 9.64 Å². The number of ether oxygens (including phenoxy) is 1. The van der Waals surface area contributed by atoms with Gasteiger partial charge in [-0.15, -0.1) is 19.0 Å². The number of hydrogen-bond donors (Lipinski definition) is 0. The SMILES string of the molecule is C=CC[C@H]1CN(C)CC[C@@]1(OC(=O)CC)c1ccccc1.Cl. The average molecular weight is 324 g/mol. The monoisotopic (exact) mass is 323 g/mol. The van der Waals surface area contributed by atoms with Crippen LogP contribution < -0.4 is 0 Å². The van der Waals surface area contributed by atoms with Gasteiger partial charge in [-0.1, -0.05) is 43.3 Å². The molecule has 1 fully saturated rings. The van der Waals surface area contributed by atoms with Gasteiger partial charge in [0.05, 0.1) is 0 Å². The summed E-state index contributed by atoms with van der Waals surface area (Å²) < 4.78 is 6.01. The predicted molar refractivity (Wildman–Crippen MR) is 92.2 cm³/mol. The number of piperidine rings is 1. The lowest BCUT2D eigenvalue weighted by Crippen LogP contribution is -2.51. The Kier molecular flexibility index (Phi) is 7.11. The Labute approximate surface area is 139 Å². The Morgan fingerprint density at radius 3 is 2.73 bits per heavy atom. The first kappa shape index (κ1) is 18.7. The molecule has 0 N–H and O–H groups in total. The van der Waals surface area contributed by atoms with E-state index in [0.29, 0.717) is 6.42 Å². The van der Waals surface area contributed by atoms with Crippen molar-refractivity contribution in [1.82, 2.24) is 4.90 Å². The summed E-state index contributed by atoms with van der Waals surface area (Å²) in [6.45, 7) is 7.57. The number of hydrogen-bond acceptors (Lipinski definition) is 3. The first-order chi connectivity index (χ1) is 10.1. The van der Waals surface area contributed by atoms with Crippen LogP contribution in [0, 0.1) is 5.92 Å². The van der Waals surface area contributed by atoms with E-state index in [4.69, 9.17) is 4.74 Å². The molecule has 22 heavy (non-hydrogen) atoms. The van der Waals surface area contributed by atoms with E-state index in [0.717, 1.165) is 31.5 Å². The summed E-state index contributed by atoms with van der Waals surface area (Å²) in [7, 11) is 2.12. The molecule has 0 saturated carbocycles. The first-order valence-corrected chi connectivity index (χ1v) is 7.69. The summed E-state index contributed by atoms with van der Waals surface area (Å²) in [6.07, 6.45) is 4.01. The summed E-state index contributed by atoms with van der Waals surface area (Å²) in [5.41, 5.74) is 0.585. The largest absolute Gasteiger partial charge is 0.454 e. The minimum Gasteiger partial charge on any atom is -0.454 e. The van der Waals surface area contributed by atoms with Gasteiger partial charge in [-0.2, -0.15) is 0 Å². The fourth-order valence-electron chi connectivity index (χ4n) is 3.21. The number of carbonyl (C=O) groups is 1. The molecule has 0 unspecified atom stereocenters. The zero-order valence-electron chi connectivity index (χ0n) is 13.5. The van der Waals surface area contributed by atoms with Crippen LogP contribution in [0.3, 0.4) is 0 Å². The van der Waals surface area contributed by atoms with Crippen molar-refractivity contribution in [2.45, 2.75) is 31.8 Å². The molecule has 3 nitrogen and oxygen atoms in total. The summed E-state index contributed by atoms with van der Waals surface area (Å²) in [4.78, 5) is 14.3. The molecule has 0 spiro atoms. The smallest absolute Gasteiger partial charge is 0.306 e. The highest BCUT2D eigenvalue weighted by Gasteiger charge is 2.46. The molecular formula is C18H26ClNO2. The van der Waals surface area contributed by atoms with Gasteiger partial charge in [0.2, 0.25) is 0 Å². The van der Waals surface area contributed by atoms with Crippen molar-refractivity contribution in [2.24, 2.45) is 5.92 Å². The van der Waals surface area contributed by atoms with Crippen LogP contribution in [0.15, 0.2) is 43.0 Å². The number of likely N-dealkylation sites (tertiary alicyclic amines) is 1. The molecular weight excluding hydrogens is 298 g/mol. The zero-order chi connectivity index (χ0) is 15.3. The van der Waals surface area contributed by atoms with Crippen LogP contribution >= 0.6 is 12.4 Å². The molecule has 1 saturated heterocycles. The number of nitrogens with zero attached hydrogens (tertiary/aromatic N) is 1. The second kappa shape index (κ2) is 8.35. The second-order valence-electron chi connectivity index (χ2n) is 5.82. The Morgan fingerprint density at radius 2 is 2.14 bits per heavy atom. The van der Waals surface area contributed by atoms with Crippen molar-refractivity contribution in [3.8, 4) is 0 Å². The molecule has 0 amide bonds. The van der Waals surface area contributed by atoms with E-state index < -0.39 is 5.60 Å². The molecule has 1 aromatic carbocycles. The molecule has 1 aliphatic rings. The van der Waals surface area contributed by atoms with Gasteiger partial charge in [0.15, 0.2) is 0 Å². The lowest BCUT2D eigenvalue weighted by Gasteiger charge is -2.46. The number of esters is 1. The summed E-state index contributed by atoms with van der Waals surface area (Å²) in [5, 5.41) is 0. The Hall–Kier alpha value is -1.32. The van der Waals surface area contributed by atoms with Gasteiger partial charge in [0.25, 0.3) is 0 Å². The van der Waals surface area contributed by atoms with Crippen molar-refractivity contribution in [3.05, 3.63) is 48.6 Å². The maximum absolute atomic E-state index is 12.0. The minimum atomic E-state index is -0.519. The van der Waals surface area contributed by atoms with E-state index in [-0.39, 0.29) is 24.3 Å². The molecule has 2 rings (SSSR count). The lowest BCUT2D eigenvalue weighted by atomic mass is 9.74. The van der Waals surface area contributed by atoms with Gasteiger partial charge in [-0.05, 0) is 19.0 Å². The highest BCUT2D eigenvalue weighted by atomic mass is 35.5. The van der Waals surface area contributed by atoms with E-state index in [1.165, 1.54) is 0 Å². The van der Waals surface area contributed by atoms with E-state index in [9.17, 15) is 4.79 Å². The molecule has 0 bridgehead atoms. The molecule has 1 heterocycles. The van der Waals surface area contributed by atoms with Crippen LogP contribution in [0.4, 0.5) is 0 Å². The van der Waals surface area contributed by atoms with E-state index in [2.05, 4.69) is 30.7 Å². The molecule has 2 atom stereocenters. The van der Waals surface area contributed by atoms with Crippen molar-refractivity contribution in [2.75, 3.05) is 20.1 Å². The maximum atomic E-state index is 12.0. The van der Waals surface area contributed by atoms with Gasteiger partial charge in [-0.3, -0.25) is 4.79 Å². The molecule has 0 radical (unpaired) electrons. The van der Waals surface area contributed by atoms with Crippen molar-refractivity contribution >= 4 is 18.4 Å². The van der Waals surface area contributed by atoms with Crippen molar-refractivity contribution in [1.29, 1.82) is 0 Å². The van der Waals surface area contributed by atoms with E-state index >= 15 is 0 Å². The Bertz CT molecular complexity index is 491. The van der Waals surface area contributed by atoms with Gasteiger partial charge in [0, 0.05) is 31.8 Å². The molecule has 122 valence electrons. The normalized spacial score (nSPS) is 25.1.